The van der Waals surface area contributed by atoms with Gasteiger partial charge in [-0.15, -0.1) is 0 Å². The third-order valence-electron chi connectivity index (χ3n) is 4.44. The number of oxazole rings is 1. The molecule has 1 heterocycles. The summed E-state index contributed by atoms with van der Waals surface area (Å²) in [5, 5.41) is 9.60. The van der Waals surface area contributed by atoms with Crippen molar-refractivity contribution < 1.29 is 13.9 Å². The molecule has 0 radical (unpaired) electrons. The van der Waals surface area contributed by atoms with Crippen LogP contribution in [0.25, 0.3) is 11.3 Å². The number of anilines is 1. The van der Waals surface area contributed by atoms with E-state index in [0.29, 0.717) is 36.2 Å². The van der Waals surface area contributed by atoms with Gasteiger partial charge in [-0.1, -0.05) is 11.6 Å². The summed E-state index contributed by atoms with van der Waals surface area (Å²) in [6.45, 7) is 2.81. The molecule has 0 N–H and O–H groups in total. The number of nitriles is 1. The standard InChI is InChI=1S/C23H22ClN3O3/c1-2-29-20-10-8-19(9-11-20)27(15-3-14-25)23(28)13-12-22-26-16-21(30-22)17-4-6-18(24)7-5-17/h4-11,16H,2-3,12-13,15H2,1H3. The van der Waals surface area contributed by atoms with Crippen LogP contribution in [0.15, 0.2) is 59.1 Å². The molecule has 0 bridgehead atoms. The quantitative estimate of drug-likeness (QED) is 0.468. The SMILES string of the molecule is CCOc1ccc(N(CCC#N)C(=O)CCc2ncc(-c3ccc(Cl)cc3)o2)cc1. The molecule has 2 aromatic carbocycles. The first-order valence-corrected chi connectivity index (χ1v) is 10.1. The first-order chi connectivity index (χ1) is 14.6. The van der Waals surface area contributed by atoms with Crippen LogP contribution in [0.4, 0.5) is 5.69 Å². The van der Waals surface area contributed by atoms with E-state index in [2.05, 4.69) is 11.1 Å². The highest BCUT2D eigenvalue weighted by Crippen LogP contribution is 2.24. The van der Waals surface area contributed by atoms with Crippen LogP contribution < -0.4 is 9.64 Å². The van der Waals surface area contributed by atoms with Crippen molar-refractivity contribution in [3.63, 3.8) is 0 Å². The first kappa shape index (κ1) is 21.4. The lowest BCUT2D eigenvalue weighted by Gasteiger charge is -2.22. The topological polar surface area (TPSA) is 79.4 Å². The highest BCUT2D eigenvalue weighted by molar-refractivity contribution is 6.30. The smallest absolute Gasteiger partial charge is 0.227 e. The van der Waals surface area contributed by atoms with Crippen molar-refractivity contribution in [2.24, 2.45) is 0 Å². The third-order valence-corrected chi connectivity index (χ3v) is 4.69. The van der Waals surface area contributed by atoms with Crippen LogP contribution in [-0.4, -0.2) is 24.0 Å². The first-order valence-electron chi connectivity index (χ1n) is 9.71. The Morgan fingerprint density at radius 1 is 1.20 bits per heavy atom. The average Bonchev–Trinajstić information content (AvgIpc) is 3.23. The zero-order valence-corrected chi connectivity index (χ0v) is 17.4. The summed E-state index contributed by atoms with van der Waals surface area (Å²) in [7, 11) is 0. The molecular weight excluding hydrogens is 402 g/mol. The average molecular weight is 424 g/mol. The van der Waals surface area contributed by atoms with Crippen LogP contribution in [0.2, 0.25) is 5.02 Å². The fourth-order valence-electron chi connectivity index (χ4n) is 2.97. The maximum absolute atomic E-state index is 12.8. The number of carbonyl (C=O) groups excluding carboxylic acids is 1. The molecule has 0 fully saturated rings. The van der Waals surface area contributed by atoms with E-state index in [9.17, 15) is 4.79 Å². The van der Waals surface area contributed by atoms with Gasteiger partial charge in [-0.05, 0) is 55.5 Å². The maximum Gasteiger partial charge on any atom is 0.227 e. The van der Waals surface area contributed by atoms with Crippen molar-refractivity contribution in [3.05, 3.63) is 65.6 Å². The van der Waals surface area contributed by atoms with Gasteiger partial charge >= 0.3 is 0 Å². The summed E-state index contributed by atoms with van der Waals surface area (Å²) in [6, 6.07) is 16.7. The second kappa shape index (κ2) is 10.5. The molecule has 3 rings (SSSR count). The van der Waals surface area contributed by atoms with Crippen molar-refractivity contribution in [1.29, 1.82) is 5.26 Å². The van der Waals surface area contributed by atoms with E-state index in [1.165, 1.54) is 0 Å². The minimum Gasteiger partial charge on any atom is -0.494 e. The van der Waals surface area contributed by atoms with E-state index < -0.39 is 0 Å². The fourth-order valence-corrected chi connectivity index (χ4v) is 3.10. The minimum atomic E-state index is -0.0966. The number of benzene rings is 2. The summed E-state index contributed by atoms with van der Waals surface area (Å²) in [6.07, 6.45) is 2.48. The minimum absolute atomic E-state index is 0.0966. The molecule has 30 heavy (non-hydrogen) atoms. The van der Waals surface area contributed by atoms with Crippen molar-refractivity contribution in [3.8, 4) is 23.1 Å². The van der Waals surface area contributed by atoms with E-state index in [-0.39, 0.29) is 18.7 Å². The third kappa shape index (κ3) is 5.62. The van der Waals surface area contributed by atoms with E-state index in [1.54, 1.807) is 23.2 Å². The molecule has 0 saturated heterocycles. The molecule has 1 amide bonds. The van der Waals surface area contributed by atoms with Gasteiger partial charge in [0.15, 0.2) is 11.7 Å². The van der Waals surface area contributed by atoms with Crippen LogP contribution >= 0.6 is 11.6 Å². The molecule has 0 aliphatic carbocycles. The number of aromatic nitrogens is 1. The molecule has 0 unspecified atom stereocenters. The molecule has 0 atom stereocenters. The zero-order valence-electron chi connectivity index (χ0n) is 16.7. The monoisotopic (exact) mass is 423 g/mol. The molecule has 6 nitrogen and oxygen atoms in total. The number of halogens is 1. The zero-order chi connectivity index (χ0) is 21.3. The second-order valence-electron chi connectivity index (χ2n) is 6.51. The Kier molecular flexibility index (Phi) is 7.47. The van der Waals surface area contributed by atoms with Gasteiger partial charge in [-0.2, -0.15) is 5.26 Å². The Morgan fingerprint density at radius 3 is 2.60 bits per heavy atom. The lowest BCUT2D eigenvalue weighted by Crippen LogP contribution is -2.32. The summed E-state index contributed by atoms with van der Waals surface area (Å²) >= 11 is 5.91. The number of rotatable bonds is 9. The van der Waals surface area contributed by atoms with Crippen LogP contribution in [0.1, 0.15) is 25.7 Å². The van der Waals surface area contributed by atoms with Gasteiger partial charge in [-0.3, -0.25) is 4.79 Å². The van der Waals surface area contributed by atoms with Crippen LogP contribution in [-0.2, 0) is 11.2 Å². The molecule has 0 spiro atoms. The van der Waals surface area contributed by atoms with Gasteiger partial charge in [0.05, 0.1) is 25.3 Å². The van der Waals surface area contributed by atoms with E-state index in [0.717, 1.165) is 17.0 Å². The van der Waals surface area contributed by atoms with Gasteiger partial charge in [0, 0.05) is 35.7 Å². The van der Waals surface area contributed by atoms with Gasteiger partial charge in [0.1, 0.15) is 5.75 Å². The molecule has 7 heteroatoms. The van der Waals surface area contributed by atoms with E-state index >= 15 is 0 Å². The molecule has 154 valence electrons. The number of carbonyl (C=O) groups is 1. The Bertz CT molecular complexity index is 1010. The van der Waals surface area contributed by atoms with E-state index in [1.807, 2.05) is 43.3 Å². The number of aryl methyl sites for hydroxylation is 1. The summed E-state index contributed by atoms with van der Waals surface area (Å²) in [5.41, 5.74) is 1.60. The van der Waals surface area contributed by atoms with Crippen LogP contribution in [0.5, 0.6) is 5.75 Å². The fraction of sp³-hybridized carbons (Fsp3) is 0.261. The Hall–Kier alpha value is -3.30. The summed E-state index contributed by atoms with van der Waals surface area (Å²) in [4.78, 5) is 18.7. The summed E-state index contributed by atoms with van der Waals surface area (Å²) in [5.74, 6) is 1.76. The predicted molar refractivity (Wildman–Crippen MR) is 115 cm³/mol. The van der Waals surface area contributed by atoms with Crippen LogP contribution in [0, 0.1) is 11.3 Å². The molecule has 0 aliphatic rings. The van der Waals surface area contributed by atoms with Crippen LogP contribution in [0.3, 0.4) is 0 Å². The van der Waals surface area contributed by atoms with Crippen molar-refractivity contribution in [2.45, 2.75) is 26.2 Å². The van der Waals surface area contributed by atoms with Gasteiger partial charge in [-0.25, -0.2) is 4.98 Å². The highest BCUT2D eigenvalue weighted by Gasteiger charge is 2.17. The Labute approximate surface area is 180 Å². The summed E-state index contributed by atoms with van der Waals surface area (Å²) < 4.78 is 11.2. The van der Waals surface area contributed by atoms with Crippen molar-refractivity contribution in [2.75, 3.05) is 18.1 Å². The molecule has 3 aromatic rings. The van der Waals surface area contributed by atoms with Crippen molar-refractivity contribution >= 4 is 23.2 Å². The molecular formula is C23H22ClN3O3. The molecule has 0 saturated carbocycles. The maximum atomic E-state index is 12.8. The second-order valence-corrected chi connectivity index (χ2v) is 6.94. The lowest BCUT2D eigenvalue weighted by atomic mass is 10.2. The largest absolute Gasteiger partial charge is 0.494 e. The number of hydrogen-bond acceptors (Lipinski definition) is 5. The normalized spacial score (nSPS) is 10.4. The van der Waals surface area contributed by atoms with Crippen molar-refractivity contribution in [1.82, 2.24) is 4.98 Å². The lowest BCUT2D eigenvalue weighted by molar-refractivity contribution is -0.118. The Morgan fingerprint density at radius 2 is 1.93 bits per heavy atom. The molecule has 1 aromatic heterocycles. The number of nitrogens with zero attached hydrogens (tertiary/aromatic N) is 3. The van der Waals surface area contributed by atoms with Gasteiger partial charge < -0.3 is 14.1 Å². The molecule has 0 aliphatic heterocycles. The predicted octanol–water partition coefficient (Wildman–Crippen LogP) is 5.27. The number of amides is 1. The van der Waals surface area contributed by atoms with Gasteiger partial charge in [0.25, 0.3) is 0 Å². The number of ether oxygens (including phenoxy) is 1. The van der Waals surface area contributed by atoms with E-state index in [4.69, 9.17) is 26.0 Å². The highest BCUT2D eigenvalue weighted by atomic mass is 35.5. The number of hydrogen-bond donors (Lipinski definition) is 0. The Balaban J connectivity index is 1.65. The van der Waals surface area contributed by atoms with Gasteiger partial charge in [0.2, 0.25) is 5.91 Å².